The van der Waals surface area contributed by atoms with E-state index in [1.807, 2.05) is 6.92 Å². The Morgan fingerprint density at radius 1 is 1.56 bits per heavy atom. The van der Waals surface area contributed by atoms with Gasteiger partial charge >= 0.3 is 5.97 Å². The van der Waals surface area contributed by atoms with E-state index in [2.05, 4.69) is 12.2 Å². The van der Waals surface area contributed by atoms with Crippen molar-refractivity contribution >= 4 is 5.97 Å². The average molecular weight is 229 g/mol. The van der Waals surface area contributed by atoms with Gasteiger partial charge in [-0.25, -0.2) is 0 Å². The first-order valence-electron chi connectivity index (χ1n) is 6.08. The number of rotatable bonds is 5. The van der Waals surface area contributed by atoms with Crippen molar-refractivity contribution in [3.63, 3.8) is 0 Å². The van der Waals surface area contributed by atoms with Crippen LogP contribution >= 0.6 is 0 Å². The molecular weight excluding hydrogens is 206 g/mol. The fourth-order valence-electron chi connectivity index (χ4n) is 2.31. The van der Waals surface area contributed by atoms with Crippen LogP contribution in [0.15, 0.2) is 0 Å². The minimum Gasteiger partial charge on any atom is -0.480 e. The van der Waals surface area contributed by atoms with Crippen molar-refractivity contribution in [2.75, 3.05) is 7.11 Å². The summed E-state index contributed by atoms with van der Waals surface area (Å²) in [4.78, 5) is 11.4. The van der Waals surface area contributed by atoms with Crippen LogP contribution in [0.5, 0.6) is 0 Å². The van der Waals surface area contributed by atoms with E-state index < -0.39 is 11.5 Å². The minimum absolute atomic E-state index is 0.228. The average Bonchev–Trinajstić information content (AvgIpc) is 2.29. The standard InChI is InChI=1S/C12H23NO3/c1-4-9(2)13-12(11(14)15)7-5-10(16-3)6-8-12/h9-10,13H,4-8H2,1-3H3,(H,14,15). The van der Waals surface area contributed by atoms with Gasteiger partial charge in [-0.3, -0.25) is 10.1 Å². The lowest BCUT2D eigenvalue weighted by Crippen LogP contribution is -2.57. The molecule has 1 saturated carbocycles. The third-order valence-electron chi connectivity index (χ3n) is 3.66. The van der Waals surface area contributed by atoms with Gasteiger partial charge in [0, 0.05) is 13.2 Å². The van der Waals surface area contributed by atoms with Gasteiger partial charge in [-0.15, -0.1) is 0 Å². The number of carbonyl (C=O) groups is 1. The third kappa shape index (κ3) is 2.95. The molecule has 0 bridgehead atoms. The summed E-state index contributed by atoms with van der Waals surface area (Å²) in [5.74, 6) is -0.720. The largest absolute Gasteiger partial charge is 0.480 e. The van der Waals surface area contributed by atoms with Crippen LogP contribution in [0.2, 0.25) is 0 Å². The Kier molecular flexibility index (Phi) is 4.74. The summed E-state index contributed by atoms with van der Waals surface area (Å²) in [5, 5.41) is 12.7. The summed E-state index contributed by atoms with van der Waals surface area (Å²) in [6.07, 6.45) is 4.14. The van der Waals surface area contributed by atoms with Gasteiger partial charge in [0.1, 0.15) is 5.54 Å². The number of carboxylic acid groups (broad SMARTS) is 1. The maximum absolute atomic E-state index is 11.4. The maximum Gasteiger partial charge on any atom is 0.323 e. The molecule has 16 heavy (non-hydrogen) atoms. The molecule has 0 aromatic carbocycles. The molecule has 0 amide bonds. The molecule has 0 aliphatic heterocycles. The second-order valence-corrected chi connectivity index (χ2v) is 4.78. The number of nitrogens with one attached hydrogen (secondary N) is 1. The fraction of sp³-hybridized carbons (Fsp3) is 0.917. The van der Waals surface area contributed by atoms with Crippen molar-refractivity contribution in [3.8, 4) is 0 Å². The third-order valence-corrected chi connectivity index (χ3v) is 3.66. The van der Waals surface area contributed by atoms with Gasteiger partial charge in [0.2, 0.25) is 0 Å². The lowest BCUT2D eigenvalue weighted by Gasteiger charge is -2.38. The Bertz CT molecular complexity index is 234. The van der Waals surface area contributed by atoms with Crippen LogP contribution in [0.25, 0.3) is 0 Å². The zero-order valence-corrected chi connectivity index (χ0v) is 10.5. The highest BCUT2D eigenvalue weighted by Crippen LogP contribution is 2.30. The first kappa shape index (κ1) is 13.5. The Hall–Kier alpha value is -0.610. The molecule has 94 valence electrons. The van der Waals surface area contributed by atoms with Gasteiger partial charge in [-0.2, -0.15) is 0 Å². The number of hydrogen-bond donors (Lipinski definition) is 2. The van der Waals surface area contributed by atoms with Crippen LogP contribution in [0, 0.1) is 0 Å². The Morgan fingerprint density at radius 3 is 2.50 bits per heavy atom. The van der Waals surface area contributed by atoms with Crippen molar-refractivity contribution in [1.29, 1.82) is 0 Å². The highest BCUT2D eigenvalue weighted by atomic mass is 16.5. The summed E-state index contributed by atoms with van der Waals surface area (Å²) in [7, 11) is 1.69. The van der Waals surface area contributed by atoms with Gasteiger partial charge in [0.25, 0.3) is 0 Å². The molecule has 1 aliphatic carbocycles. The molecule has 0 spiro atoms. The van der Waals surface area contributed by atoms with Crippen molar-refractivity contribution < 1.29 is 14.6 Å². The van der Waals surface area contributed by atoms with E-state index in [-0.39, 0.29) is 12.1 Å². The predicted octanol–water partition coefficient (Wildman–Crippen LogP) is 1.79. The van der Waals surface area contributed by atoms with Crippen molar-refractivity contribution in [3.05, 3.63) is 0 Å². The topological polar surface area (TPSA) is 58.6 Å². The minimum atomic E-state index is -0.732. The van der Waals surface area contributed by atoms with E-state index in [1.165, 1.54) is 0 Å². The Morgan fingerprint density at radius 2 is 2.12 bits per heavy atom. The fourth-order valence-corrected chi connectivity index (χ4v) is 2.31. The number of hydrogen-bond acceptors (Lipinski definition) is 3. The first-order valence-corrected chi connectivity index (χ1v) is 6.08. The summed E-state index contributed by atoms with van der Waals surface area (Å²) in [5.41, 5.74) is -0.732. The zero-order valence-electron chi connectivity index (χ0n) is 10.5. The van der Waals surface area contributed by atoms with Crippen LogP contribution in [-0.4, -0.2) is 35.9 Å². The molecule has 0 aromatic heterocycles. The zero-order chi connectivity index (χ0) is 12.2. The lowest BCUT2D eigenvalue weighted by molar-refractivity contribution is -0.148. The van der Waals surface area contributed by atoms with Gasteiger partial charge < -0.3 is 9.84 Å². The van der Waals surface area contributed by atoms with Crippen molar-refractivity contribution in [2.45, 2.75) is 63.6 Å². The molecule has 0 heterocycles. The number of aliphatic carboxylic acids is 1. The highest BCUT2D eigenvalue weighted by Gasteiger charge is 2.42. The summed E-state index contributed by atoms with van der Waals surface area (Å²) >= 11 is 0. The normalized spacial score (nSPS) is 32.3. The van der Waals surface area contributed by atoms with Crippen LogP contribution in [0.1, 0.15) is 46.0 Å². The molecule has 1 unspecified atom stereocenters. The van der Waals surface area contributed by atoms with Crippen LogP contribution in [0.4, 0.5) is 0 Å². The molecule has 1 rings (SSSR count). The lowest BCUT2D eigenvalue weighted by atomic mass is 9.79. The SMILES string of the molecule is CCC(C)NC1(C(=O)O)CCC(OC)CC1. The van der Waals surface area contributed by atoms with E-state index >= 15 is 0 Å². The molecule has 0 aromatic rings. The first-order chi connectivity index (χ1) is 7.54. The molecule has 1 aliphatic rings. The quantitative estimate of drug-likeness (QED) is 0.754. The second-order valence-electron chi connectivity index (χ2n) is 4.78. The highest BCUT2D eigenvalue weighted by molar-refractivity contribution is 5.79. The molecule has 1 atom stereocenters. The summed E-state index contributed by atoms with van der Waals surface area (Å²) < 4.78 is 5.27. The van der Waals surface area contributed by atoms with Gasteiger partial charge in [-0.1, -0.05) is 6.92 Å². The number of carboxylic acids is 1. The molecule has 4 heteroatoms. The number of ether oxygens (including phenoxy) is 1. The smallest absolute Gasteiger partial charge is 0.323 e. The molecule has 0 saturated heterocycles. The van der Waals surface area contributed by atoms with E-state index in [9.17, 15) is 9.90 Å². The Labute approximate surface area is 97.4 Å². The van der Waals surface area contributed by atoms with Gasteiger partial charge in [0.15, 0.2) is 0 Å². The van der Waals surface area contributed by atoms with Crippen molar-refractivity contribution in [1.82, 2.24) is 5.32 Å². The molecular formula is C12H23NO3. The van der Waals surface area contributed by atoms with E-state index in [1.54, 1.807) is 7.11 Å². The van der Waals surface area contributed by atoms with Crippen molar-refractivity contribution in [2.24, 2.45) is 0 Å². The molecule has 2 N–H and O–H groups in total. The monoisotopic (exact) mass is 229 g/mol. The molecule has 1 fully saturated rings. The van der Waals surface area contributed by atoms with Gasteiger partial charge in [0.05, 0.1) is 6.10 Å². The van der Waals surface area contributed by atoms with Crippen LogP contribution in [-0.2, 0) is 9.53 Å². The summed E-state index contributed by atoms with van der Waals surface area (Å²) in [6.45, 7) is 4.10. The van der Waals surface area contributed by atoms with Crippen LogP contribution < -0.4 is 5.32 Å². The van der Waals surface area contributed by atoms with Gasteiger partial charge in [-0.05, 0) is 39.0 Å². The Balaban J connectivity index is 2.65. The maximum atomic E-state index is 11.4. The van der Waals surface area contributed by atoms with E-state index in [4.69, 9.17) is 4.74 Å². The van der Waals surface area contributed by atoms with E-state index in [0.717, 1.165) is 19.3 Å². The van der Waals surface area contributed by atoms with E-state index in [0.29, 0.717) is 12.8 Å². The second kappa shape index (κ2) is 5.64. The van der Waals surface area contributed by atoms with Crippen LogP contribution in [0.3, 0.4) is 0 Å². The molecule has 4 nitrogen and oxygen atoms in total. The number of methoxy groups -OCH3 is 1. The summed E-state index contributed by atoms with van der Waals surface area (Å²) in [6, 6.07) is 0.246. The molecule has 0 radical (unpaired) electrons. The predicted molar refractivity (Wildman–Crippen MR) is 62.5 cm³/mol.